The van der Waals surface area contributed by atoms with E-state index in [1.165, 1.54) is 6.07 Å². The standard InChI is InChI=1S/C21H26FN3O2/c1-20(2,27-17-6-4-3-5-16(17)22)19(24-12-23)25-18-14-7-13-8-15(18)11-21(26,9-13)10-14/h3-6,13-15,18,26H,7-11H2,1-2H3,(H,24,25). The monoisotopic (exact) mass is 371 g/mol. The third kappa shape index (κ3) is 3.41. The maximum absolute atomic E-state index is 14.0. The zero-order valence-electron chi connectivity index (χ0n) is 15.8. The highest BCUT2D eigenvalue weighted by molar-refractivity contribution is 5.91. The second-order valence-electron chi connectivity index (χ2n) is 8.94. The average molecular weight is 371 g/mol. The van der Waals surface area contributed by atoms with Crippen molar-refractivity contribution in [3.8, 4) is 11.9 Å². The van der Waals surface area contributed by atoms with Crippen LogP contribution in [-0.2, 0) is 0 Å². The number of nitrogens with one attached hydrogen (secondary N) is 1. The maximum Gasteiger partial charge on any atom is 0.182 e. The van der Waals surface area contributed by atoms with Crippen molar-refractivity contribution in [3.05, 3.63) is 30.1 Å². The number of nitrogens with zero attached hydrogens (tertiary/aromatic N) is 2. The van der Waals surface area contributed by atoms with Crippen molar-refractivity contribution in [2.75, 3.05) is 0 Å². The van der Waals surface area contributed by atoms with Gasteiger partial charge in [-0.05, 0) is 75.8 Å². The average Bonchev–Trinajstić information content (AvgIpc) is 2.57. The first-order valence-corrected chi connectivity index (χ1v) is 9.69. The molecule has 1 aromatic carbocycles. The van der Waals surface area contributed by atoms with Crippen LogP contribution in [0, 0.1) is 35.0 Å². The van der Waals surface area contributed by atoms with Crippen molar-refractivity contribution in [3.63, 3.8) is 0 Å². The van der Waals surface area contributed by atoms with Crippen molar-refractivity contribution in [2.24, 2.45) is 22.7 Å². The van der Waals surface area contributed by atoms with Crippen LogP contribution in [0.25, 0.3) is 0 Å². The summed E-state index contributed by atoms with van der Waals surface area (Å²) in [7, 11) is 0. The molecule has 1 aromatic rings. The molecule has 0 saturated heterocycles. The van der Waals surface area contributed by atoms with Crippen molar-refractivity contribution in [2.45, 2.75) is 63.2 Å². The first-order valence-electron chi connectivity index (χ1n) is 9.69. The van der Waals surface area contributed by atoms with Crippen LogP contribution in [0.2, 0.25) is 0 Å². The van der Waals surface area contributed by atoms with Crippen LogP contribution < -0.4 is 10.1 Å². The normalized spacial score (nSPS) is 35.0. The Bertz CT molecular complexity index is 785. The van der Waals surface area contributed by atoms with Gasteiger partial charge >= 0.3 is 0 Å². The molecule has 4 bridgehead atoms. The Morgan fingerprint density at radius 1 is 1.30 bits per heavy atom. The molecule has 2 atom stereocenters. The summed E-state index contributed by atoms with van der Waals surface area (Å²) in [5.74, 6) is 1.36. The third-order valence-corrected chi connectivity index (χ3v) is 6.42. The lowest BCUT2D eigenvalue weighted by Crippen LogP contribution is -2.57. The molecule has 0 aromatic heterocycles. The molecular formula is C21H26FN3O2. The largest absolute Gasteiger partial charge is 0.477 e. The predicted molar refractivity (Wildman–Crippen MR) is 99.6 cm³/mol. The summed E-state index contributed by atoms with van der Waals surface area (Å²) in [6.45, 7) is 3.57. The molecule has 4 fully saturated rings. The van der Waals surface area contributed by atoms with Gasteiger partial charge in [0.05, 0.1) is 11.6 Å². The number of para-hydroxylation sites is 1. The van der Waals surface area contributed by atoms with Crippen LogP contribution in [0.15, 0.2) is 29.3 Å². The molecule has 2 N–H and O–H groups in total. The Kier molecular flexibility index (Phi) is 4.38. The number of benzene rings is 1. The molecule has 4 aliphatic rings. The lowest BCUT2D eigenvalue weighted by molar-refractivity contribution is -0.132. The molecule has 0 radical (unpaired) electrons. The maximum atomic E-state index is 14.0. The Morgan fingerprint density at radius 3 is 2.56 bits per heavy atom. The van der Waals surface area contributed by atoms with Gasteiger partial charge in [-0.15, -0.1) is 0 Å². The first kappa shape index (κ1) is 18.2. The van der Waals surface area contributed by atoms with E-state index < -0.39 is 17.0 Å². The van der Waals surface area contributed by atoms with Crippen molar-refractivity contribution in [1.82, 2.24) is 5.32 Å². The topological polar surface area (TPSA) is 77.6 Å². The highest BCUT2D eigenvalue weighted by atomic mass is 19.1. The SMILES string of the molecule is CC(C)(Oc1ccccc1F)C(=NC1C2CC3CC1CC(O)(C3)C2)NC#N. The molecule has 27 heavy (non-hydrogen) atoms. The molecule has 0 amide bonds. The van der Waals surface area contributed by atoms with Gasteiger partial charge in [0.25, 0.3) is 0 Å². The highest BCUT2D eigenvalue weighted by Gasteiger charge is 2.55. The lowest BCUT2D eigenvalue weighted by Gasteiger charge is -2.57. The second kappa shape index (κ2) is 6.49. The van der Waals surface area contributed by atoms with Gasteiger partial charge in [-0.1, -0.05) is 12.1 Å². The molecule has 5 nitrogen and oxygen atoms in total. The smallest absolute Gasteiger partial charge is 0.182 e. The van der Waals surface area contributed by atoms with Gasteiger partial charge in [0, 0.05) is 0 Å². The predicted octanol–water partition coefficient (Wildman–Crippen LogP) is 3.39. The molecule has 0 spiro atoms. The van der Waals surface area contributed by atoms with E-state index in [0.717, 1.165) is 32.1 Å². The Balaban J connectivity index is 1.60. The summed E-state index contributed by atoms with van der Waals surface area (Å²) < 4.78 is 19.9. The molecule has 144 valence electrons. The number of aliphatic hydroxyl groups is 1. The molecule has 6 heteroatoms. The summed E-state index contributed by atoms with van der Waals surface area (Å²) in [5.41, 5.74) is -1.51. The van der Waals surface area contributed by atoms with E-state index in [-0.39, 0.29) is 11.8 Å². The fraction of sp³-hybridized carbons (Fsp3) is 0.619. The summed E-state index contributed by atoms with van der Waals surface area (Å²) in [6.07, 6.45) is 6.60. The molecular weight excluding hydrogens is 345 g/mol. The minimum atomic E-state index is -0.983. The minimum Gasteiger partial charge on any atom is -0.477 e. The van der Waals surface area contributed by atoms with E-state index in [9.17, 15) is 14.8 Å². The number of rotatable bonds is 4. The first-order chi connectivity index (χ1) is 12.8. The van der Waals surface area contributed by atoms with Crippen LogP contribution in [-0.4, -0.2) is 28.2 Å². The number of nitriles is 1. The van der Waals surface area contributed by atoms with Gasteiger partial charge in [0.1, 0.15) is 0 Å². The van der Waals surface area contributed by atoms with Crippen LogP contribution in [0.5, 0.6) is 5.75 Å². The molecule has 4 saturated carbocycles. The van der Waals surface area contributed by atoms with Gasteiger partial charge in [-0.25, -0.2) is 4.39 Å². The van der Waals surface area contributed by atoms with E-state index in [2.05, 4.69) is 5.32 Å². The quantitative estimate of drug-likeness (QED) is 0.368. The zero-order valence-corrected chi connectivity index (χ0v) is 15.8. The van der Waals surface area contributed by atoms with Crippen LogP contribution >= 0.6 is 0 Å². The van der Waals surface area contributed by atoms with Gasteiger partial charge in [-0.2, -0.15) is 5.26 Å². The Morgan fingerprint density at radius 2 is 1.96 bits per heavy atom. The molecule has 4 aliphatic carbocycles. The van der Waals surface area contributed by atoms with Crippen LogP contribution in [0.1, 0.15) is 46.0 Å². The molecule has 0 heterocycles. The number of hydrogen-bond acceptors (Lipinski definition) is 4. The summed E-state index contributed by atoms with van der Waals surface area (Å²) >= 11 is 0. The van der Waals surface area contributed by atoms with Crippen molar-refractivity contribution in [1.29, 1.82) is 5.26 Å². The minimum absolute atomic E-state index is 0.0705. The Labute approximate surface area is 159 Å². The number of hydrogen-bond donors (Lipinski definition) is 2. The van der Waals surface area contributed by atoms with E-state index in [1.54, 1.807) is 32.0 Å². The second-order valence-corrected chi connectivity index (χ2v) is 8.94. The van der Waals surface area contributed by atoms with E-state index >= 15 is 0 Å². The molecule has 0 aliphatic heterocycles. The summed E-state index contributed by atoms with van der Waals surface area (Å²) in [4.78, 5) is 4.92. The Hall–Kier alpha value is -2.13. The molecule has 2 unspecified atom stereocenters. The number of ether oxygens (including phenoxy) is 1. The fourth-order valence-corrected chi connectivity index (χ4v) is 5.56. The van der Waals surface area contributed by atoms with Crippen molar-refractivity contribution < 1.29 is 14.2 Å². The highest BCUT2D eigenvalue weighted by Crippen LogP contribution is 2.56. The van der Waals surface area contributed by atoms with Crippen molar-refractivity contribution >= 4 is 5.84 Å². The van der Waals surface area contributed by atoms with Crippen LogP contribution in [0.4, 0.5) is 4.39 Å². The van der Waals surface area contributed by atoms with Crippen LogP contribution in [0.3, 0.4) is 0 Å². The van der Waals surface area contributed by atoms with E-state index in [0.29, 0.717) is 23.6 Å². The van der Waals surface area contributed by atoms with E-state index in [1.807, 2.05) is 6.19 Å². The lowest BCUT2D eigenvalue weighted by atomic mass is 9.52. The number of amidine groups is 1. The van der Waals surface area contributed by atoms with Gasteiger partial charge in [0.15, 0.2) is 29.2 Å². The summed E-state index contributed by atoms with van der Waals surface area (Å²) in [5, 5.41) is 22.7. The third-order valence-electron chi connectivity index (χ3n) is 6.42. The van der Waals surface area contributed by atoms with Gasteiger partial charge in [0.2, 0.25) is 0 Å². The fourth-order valence-electron chi connectivity index (χ4n) is 5.56. The number of aliphatic imine (C=N–C) groups is 1. The number of halogens is 1. The van der Waals surface area contributed by atoms with Gasteiger partial charge < -0.3 is 9.84 Å². The summed E-state index contributed by atoms with van der Waals surface area (Å²) in [6, 6.07) is 6.30. The van der Waals surface area contributed by atoms with Gasteiger partial charge in [-0.3, -0.25) is 10.3 Å². The zero-order chi connectivity index (χ0) is 19.2. The molecule has 5 rings (SSSR count). The van der Waals surface area contributed by atoms with E-state index in [4.69, 9.17) is 9.73 Å².